The van der Waals surface area contributed by atoms with Crippen molar-refractivity contribution in [3.63, 3.8) is 0 Å². The van der Waals surface area contributed by atoms with Gasteiger partial charge < -0.3 is 5.11 Å². The lowest BCUT2D eigenvalue weighted by atomic mass is 10.0. The van der Waals surface area contributed by atoms with Crippen LogP contribution in [0.4, 0.5) is 4.39 Å². The maximum Gasteiger partial charge on any atom is 0.109 e. The fourth-order valence-electron chi connectivity index (χ4n) is 2.05. The first-order chi connectivity index (χ1) is 7.69. The maximum absolute atomic E-state index is 12.4. The Balaban J connectivity index is 3.19. The van der Waals surface area contributed by atoms with Crippen molar-refractivity contribution in [2.45, 2.75) is 52.7 Å². The Bertz CT molecular complexity index is 336. The van der Waals surface area contributed by atoms with Gasteiger partial charge in [0.05, 0.1) is 18.3 Å². The predicted molar refractivity (Wildman–Crippen MR) is 62.2 cm³/mol. The number of halogens is 1. The second-order valence-corrected chi connectivity index (χ2v) is 3.85. The number of alkyl halides is 1. The monoisotopic (exact) mass is 228 g/mol. The molecule has 1 rings (SSSR count). The van der Waals surface area contributed by atoms with Gasteiger partial charge in [0.15, 0.2) is 0 Å². The third-order valence-corrected chi connectivity index (χ3v) is 2.86. The Hall–Kier alpha value is -0.900. The first-order valence-corrected chi connectivity index (χ1v) is 6.01. The van der Waals surface area contributed by atoms with Gasteiger partial charge in [-0.15, -0.1) is 0 Å². The molecule has 1 atom stereocenters. The van der Waals surface area contributed by atoms with Gasteiger partial charge in [-0.05, 0) is 19.3 Å². The van der Waals surface area contributed by atoms with Crippen molar-refractivity contribution in [1.29, 1.82) is 0 Å². The summed E-state index contributed by atoms with van der Waals surface area (Å²) >= 11 is 0. The molecule has 92 valence electrons. The maximum atomic E-state index is 12.4. The minimum atomic E-state index is -0.474. The Morgan fingerprint density at radius 2 is 2.00 bits per heavy atom. The van der Waals surface area contributed by atoms with Gasteiger partial charge in [0.2, 0.25) is 0 Å². The fraction of sp³-hybridized carbons (Fsp3) is 0.750. The number of aliphatic hydroxyl groups is 1. The van der Waals surface area contributed by atoms with Crippen LogP contribution < -0.4 is 0 Å². The van der Waals surface area contributed by atoms with Gasteiger partial charge in [-0.1, -0.05) is 20.8 Å². The number of rotatable bonds is 6. The standard InChI is InChI=1S/C12H21FN2O/c1-4-9-12(11(16)6-3)10(5-2)15(14-9)8-7-13/h11,16H,4-8H2,1-3H3. The Labute approximate surface area is 96.3 Å². The van der Waals surface area contributed by atoms with Crippen molar-refractivity contribution in [1.82, 2.24) is 9.78 Å². The van der Waals surface area contributed by atoms with Crippen molar-refractivity contribution in [2.24, 2.45) is 0 Å². The number of nitrogens with zero attached hydrogens (tertiary/aromatic N) is 2. The largest absolute Gasteiger partial charge is 0.388 e. The van der Waals surface area contributed by atoms with Gasteiger partial charge in [-0.25, -0.2) is 4.39 Å². The highest BCUT2D eigenvalue weighted by atomic mass is 19.1. The third-order valence-electron chi connectivity index (χ3n) is 2.86. The molecular weight excluding hydrogens is 207 g/mol. The van der Waals surface area contributed by atoms with E-state index in [4.69, 9.17) is 0 Å². The van der Waals surface area contributed by atoms with Crippen molar-refractivity contribution in [3.05, 3.63) is 17.0 Å². The highest BCUT2D eigenvalue weighted by molar-refractivity contribution is 5.29. The van der Waals surface area contributed by atoms with Crippen molar-refractivity contribution >= 4 is 0 Å². The van der Waals surface area contributed by atoms with E-state index in [1.807, 2.05) is 20.8 Å². The first kappa shape index (κ1) is 13.2. The van der Waals surface area contributed by atoms with Gasteiger partial charge in [0.1, 0.15) is 6.67 Å². The number of aliphatic hydroxyl groups excluding tert-OH is 1. The molecule has 0 fully saturated rings. The molecule has 4 heteroatoms. The zero-order valence-electron chi connectivity index (χ0n) is 10.3. The lowest BCUT2D eigenvalue weighted by Crippen LogP contribution is -2.08. The lowest BCUT2D eigenvalue weighted by molar-refractivity contribution is 0.171. The van der Waals surface area contributed by atoms with E-state index >= 15 is 0 Å². The normalized spacial score (nSPS) is 13.1. The van der Waals surface area contributed by atoms with Crippen molar-refractivity contribution < 1.29 is 9.50 Å². The molecule has 16 heavy (non-hydrogen) atoms. The average molecular weight is 228 g/mol. The molecule has 1 N–H and O–H groups in total. The van der Waals surface area contributed by atoms with Gasteiger partial charge in [-0.2, -0.15) is 5.10 Å². The molecule has 3 nitrogen and oxygen atoms in total. The SMILES string of the molecule is CCc1nn(CCF)c(CC)c1C(O)CC. The number of hydrogen-bond acceptors (Lipinski definition) is 2. The van der Waals surface area contributed by atoms with E-state index in [1.54, 1.807) is 4.68 Å². The molecule has 0 aliphatic rings. The molecular formula is C12H21FN2O. The molecule has 0 aliphatic carbocycles. The van der Waals surface area contributed by atoms with Crippen LogP contribution in [0.25, 0.3) is 0 Å². The summed E-state index contributed by atoms with van der Waals surface area (Å²) in [5.74, 6) is 0. The van der Waals surface area contributed by atoms with Crippen LogP contribution in [-0.2, 0) is 19.4 Å². The predicted octanol–water partition coefficient (Wildman–Crippen LogP) is 2.42. The fourth-order valence-corrected chi connectivity index (χ4v) is 2.05. The highest BCUT2D eigenvalue weighted by Gasteiger charge is 2.20. The van der Waals surface area contributed by atoms with E-state index in [2.05, 4.69) is 5.10 Å². The summed E-state index contributed by atoms with van der Waals surface area (Å²) in [6.45, 7) is 5.83. The van der Waals surface area contributed by atoms with E-state index < -0.39 is 12.8 Å². The molecule has 0 bridgehead atoms. The smallest absolute Gasteiger partial charge is 0.109 e. The van der Waals surface area contributed by atoms with Crippen molar-refractivity contribution in [3.8, 4) is 0 Å². The van der Waals surface area contributed by atoms with Gasteiger partial charge >= 0.3 is 0 Å². The Morgan fingerprint density at radius 1 is 1.31 bits per heavy atom. The minimum absolute atomic E-state index is 0.284. The molecule has 0 saturated heterocycles. The second-order valence-electron chi connectivity index (χ2n) is 3.85. The summed E-state index contributed by atoms with van der Waals surface area (Å²) in [4.78, 5) is 0. The zero-order valence-corrected chi connectivity index (χ0v) is 10.3. The quantitative estimate of drug-likeness (QED) is 0.812. The molecule has 0 saturated carbocycles. The van der Waals surface area contributed by atoms with Crippen LogP contribution in [-0.4, -0.2) is 21.6 Å². The summed E-state index contributed by atoms with van der Waals surface area (Å²) in [6, 6.07) is 0. The molecule has 1 unspecified atom stereocenters. The van der Waals surface area contributed by atoms with Gasteiger partial charge in [0, 0.05) is 11.3 Å². The molecule has 0 aliphatic heterocycles. The molecule has 1 heterocycles. The van der Waals surface area contributed by atoms with Crippen LogP contribution >= 0.6 is 0 Å². The molecule has 0 spiro atoms. The summed E-state index contributed by atoms with van der Waals surface area (Å²) in [6.07, 6.45) is 1.75. The van der Waals surface area contributed by atoms with Crippen LogP contribution in [0.1, 0.15) is 50.2 Å². The van der Waals surface area contributed by atoms with E-state index in [0.29, 0.717) is 6.42 Å². The summed E-state index contributed by atoms with van der Waals surface area (Å²) < 4.78 is 14.1. The average Bonchev–Trinajstić information content (AvgIpc) is 2.66. The lowest BCUT2D eigenvalue weighted by Gasteiger charge is -2.11. The molecule has 1 aromatic heterocycles. The van der Waals surface area contributed by atoms with E-state index in [9.17, 15) is 9.50 Å². The summed E-state index contributed by atoms with van der Waals surface area (Å²) in [7, 11) is 0. The van der Waals surface area contributed by atoms with Crippen LogP contribution in [0.2, 0.25) is 0 Å². The highest BCUT2D eigenvalue weighted by Crippen LogP contribution is 2.25. The van der Waals surface area contributed by atoms with E-state index in [-0.39, 0.29) is 6.54 Å². The van der Waals surface area contributed by atoms with Crippen LogP contribution in [0.15, 0.2) is 0 Å². The number of hydrogen-bond donors (Lipinski definition) is 1. The second kappa shape index (κ2) is 5.99. The van der Waals surface area contributed by atoms with Crippen LogP contribution in [0.5, 0.6) is 0 Å². The Kier molecular flexibility index (Phi) is 4.93. The van der Waals surface area contributed by atoms with Gasteiger partial charge in [-0.3, -0.25) is 4.68 Å². The van der Waals surface area contributed by atoms with E-state index in [0.717, 1.165) is 29.8 Å². The summed E-state index contributed by atoms with van der Waals surface area (Å²) in [5.41, 5.74) is 2.80. The molecule has 0 radical (unpaired) electrons. The first-order valence-electron chi connectivity index (χ1n) is 6.01. The van der Waals surface area contributed by atoms with Gasteiger partial charge in [0.25, 0.3) is 0 Å². The topological polar surface area (TPSA) is 38.0 Å². The van der Waals surface area contributed by atoms with Crippen molar-refractivity contribution in [2.75, 3.05) is 6.67 Å². The molecule has 0 aromatic carbocycles. The zero-order chi connectivity index (χ0) is 12.1. The molecule has 0 amide bonds. The number of aryl methyl sites for hydroxylation is 2. The minimum Gasteiger partial charge on any atom is -0.388 e. The third kappa shape index (κ3) is 2.43. The van der Waals surface area contributed by atoms with E-state index in [1.165, 1.54) is 0 Å². The molecule has 1 aromatic rings. The van der Waals surface area contributed by atoms with Crippen LogP contribution in [0.3, 0.4) is 0 Å². The number of aromatic nitrogens is 2. The van der Waals surface area contributed by atoms with Crippen LogP contribution in [0, 0.1) is 0 Å². The Morgan fingerprint density at radius 3 is 2.44 bits per heavy atom. The summed E-state index contributed by atoms with van der Waals surface area (Å²) in [5, 5.41) is 14.4.